The predicted molar refractivity (Wildman–Crippen MR) is 48.5 cm³/mol. The molecule has 0 aliphatic heterocycles. The predicted octanol–water partition coefficient (Wildman–Crippen LogP) is 2.42. The van der Waals surface area contributed by atoms with Crippen molar-refractivity contribution < 1.29 is 31.3 Å². The van der Waals surface area contributed by atoms with Gasteiger partial charge in [-0.05, 0) is 0 Å². The van der Waals surface area contributed by atoms with Gasteiger partial charge in [0.2, 0.25) is 0 Å². The van der Waals surface area contributed by atoms with Crippen LogP contribution >= 0.6 is 0 Å². The first kappa shape index (κ1) is 11.5. The Bertz CT molecular complexity index is 99.9. The van der Waals surface area contributed by atoms with Crippen molar-refractivity contribution in [3.63, 3.8) is 0 Å². The molecule has 0 saturated carbocycles. The third-order valence-corrected chi connectivity index (χ3v) is 19.8. The minimum atomic E-state index is -0.943. The first-order valence-corrected chi connectivity index (χ1v) is 11.9. The summed E-state index contributed by atoms with van der Waals surface area (Å²) in [5.41, 5.74) is 0. The van der Waals surface area contributed by atoms with Crippen molar-refractivity contribution in [1.29, 1.82) is 0 Å². The van der Waals surface area contributed by atoms with Gasteiger partial charge in [-0.1, -0.05) is 0 Å². The Morgan fingerprint density at radius 3 is 1.00 bits per heavy atom. The second-order valence-electron chi connectivity index (χ2n) is 4.71. The van der Waals surface area contributed by atoms with Crippen molar-refractivity contribution >= 4 is 16.5 Å². The zero-order chi connectivity index (χ0) is 8.58. The Morgan fingerprint density at radius 1 is 0.800 bits per heavy atom. The number of hydrogen-bond acceptors (Lipinski definition) is 1. The summed E-state index contributed by atoms with van der Waals surface area (Å²) in [6, 6.07) is 0. The maximum absolute atomic E-state index is 2.78. The van der Waals surface area contributed by atoms with Crippen LogP contribution in [0.3, 0.4) is 0 Å². The second-order valence-corrected chi connectivity index (χ2v) is 18.6. The number of rotatable bonds is 2. The minimum absolute atomic E-state index is 0.943. The zero-order valence-corrected chi connectivity index (χ0v) is 12.9. The molecule has 0 saturated heterocycles. The Hall–Kier alpha value is 1.50. The van der Waals surface area contributed by atoms with E-state index in [1.807, 2.05) is 0 Å². The Kier molecular flexibility index (Phi) is 4.00. The summed E-state index contributed by atoms with van der Waals surface area (Å²) >= 11 is 1.33. The van der Waals surface area contributed by atoms with E-state index in [1.54, 1.807) is 0 Å². The van der Waals surface area contributed by atoms with Crippen molar-refractivity contribution in [3.8, 4) is 0 Å². The van der Waals surface area contributed by atoms with Gasteiger partial charge in [-0.3, -0.25) is 0 Å². The average molecular weight is 249 g/mol. The van der Waals surface area contributed by atoms with Crippen LogP contribution in [0.25, 0.3) is 0 Å². The van der Waals surface area contributed by atoms with Gasteiger partial charge in [0.05, 0.1) is 0 Å². The zero-order valence-electron chi connectivity index (χ0n) is 8.02. The third kappa shape index (κ3) is 3.76. The standard InChI is InChI=1S/C6H18NSi2.Y/c1-8(2,3)7-9(4,5)6;/h1-6H3;/q-1;+1. The molecule has 0 aromatic heterocycles. The Morgan fingerprint density at radius 2 is 1.00 bits per heavy atom. The van der Waals surface area contributed by atoms with Crippen LogP contribution in [0.2, 0.25) is 39.3 Å². The van der Waals surface area contributed by atoms with Crippen LogP contribution in [-0.2, 0) is 31.3 Å². The van der Waals surface area contributed by atoms with Crippen LogP contribution in [0.1, 0.15) is 0 Å². The van der Waals surface area contributed by atoms with Crippen LogP contribution in [0.5, 0.6) is 0 Å². The molecule has 0 amide bonds. The van der Waals surface area contributed by atoms with Gasteiger partial charge in [0.1, 0.15) is 0 Å². The SMILES string of the molecule is C[Si](C)(C)[N]([Y])[Si](C)(C)C. The molecule has 58 valence electrons. The molecule has 0 radical (unpaired) electrons. The van der Waals surface area contributed by atoms with Crippen LogP contribution in [0, 0.1) is 0 Å². The molecule has 0 fully saturated rings. The van der Waals surface area contributed by atoms with Crippen LogP contribution < -0.4 is 0 Å². The molecule has 0 aliphatic rings. The van der Waals surface area contributed by atoms with E-state index in [9.17, 15) is 0 Å². The molecular weight excluding hydrogens is 231 g/mol. The molecule has 0 rings (SSSR count). The fraction of sp³-hybridized carbons (Fsp3) is 1.00. The summed E-state index contributed by atoms with van der Waals surface area (Å²) < 4.78 is 2.78. The normalized spacial score (nSPS) is 14.2. The summed E-state index contributed by atoms with van der Waals surface area (Å²) in [5, 5.41) is 0. The van der Waals surface area contributed by atoms with Crippen molar-refractivity contribution in [1.82, 2.24) is 1.36 Å². The molecule has 0 aromatic carbocycles. The van der Waals surface area contributed by atoms with E-state index >= 15 is 0 Å². The Labute approximate surface area is 87.7 Å². The number of nitrogens with zero attached hydrogens (tertiary/aromatic N) is 1. The molecule has 4 heteroatoms. The van der Waals surface area contributed by atoms with Gasteiger partial charge in [0.15, 0.2) is 0 Å². The van der Waals surface area contributed by atoms with Crippen molar-refractivity contribution in [3.05, 3.63) is 0 Å². The molecule has 0 spiro atoms. The fourth-order valence-corrected chi connectivity index (χ4v) is 9.06. The van der Waals surface area contributed by atoms with Crippen molar-refractivity contribution in [2.24, 2.45) is 0 Å². The van der Waals surface area contributed by atoms with Gasteiger partial charge in [-0.25, -0.2) is 0 Å². The average Bonchev–Trinajstić information content (AvgIpc) is 1.59. The molecule has 0 N–H and O–H groups in total. The molecular formula is C6H18NSi2Y. The van der Waals surface area contributed by atoms with Crippen molar-refractivity contribution in [2.45, 2.75) is 39.3 Å². The van der Waals surface area contributed by atoms with E-state index in [4.69, 9.17) is 0 Å². The summed E-state index contributed by atoms with van der Waals surface area (Å²) in [5.74, 6) is 0. The van der Waals surface area contributed by atoms with Gasteiger partial charge >= 0.3 is 88.4 Å². The summed E-state index contributed by atoms with van der Waals surface area (Å²) in [4.78, 5) is 0. The number of hydrogen-bond donors (Lipinski definition) is 0. The van der Waals surface area contributed by atoms with E-state index in [1.165, 1.54) is 31.3 Å². The van der Waals surface area contributed by atoms with Gasteiger partial charge in [-0.2, -0.15) is 0 Å². The topological polar surface area (TPSA) is 3.24 Å². The quantitative estimate of drug-likeness (QED) is 0.679. The summed E-state index contributed by atoms with van der Waals surface area (Å²) in [7, 11) is -1.89. The fourth-order valence-electron chi connectivity index (χ4n) is 1.01. The van der Waals surface area contributed by atoms with E-state index in [0.29, 0.717) is 0 Å². The molecule has 1 nitrogen and oxygen atoms in total. The van der Waals surface area contributed by atoms with E-state index < -0.39 is 16.5 Å². The monoisotopic (exact) mass is 249 g/mol. The van der Waals surface area contributed by atoms with Gasteiger partial charge in [0.25, 0.3) is 0 Å². The first-order chi connectivity index (χ1) is 4.15. The molecule has 0 bridgehead atoms. The maximum atomic E-state index is 2.78. The van der Waals surface area contributed by atoms with Crippen LogP contribution in [0.4, 0.5) is 0 Å². The molecule has 0 atom stereocenters. The first-order valence-electron chi connectivity index (χ1n) is 3.71. The molecule has 10 heavy (non-hydrogen) atoms. The van der Waals surface area contributed by atoms with E-state index in [0.717, 1.165) is 0 Å². The van der Waals surface area contributed by atoms with Crippen molar-refractivity contribution in [2.75, 3.05) is 0 Å². The van der Waals surface area contributed by atoms with Gasteiger partial charge in [-0.15, -0.1) is 0 Å². The molecule has 0 unspecified atom stereocenters. The van der Waals surface area contributed by atoms with E-state index in [2.05, 4.69) is 40.6 Å². The van der Waals surface area contributed by atoms with E-state index in [-0.39, 0.29) is 0 Å². The molecule has 0 aromatic rings. The summed E-state index contributed by atoms with van der Waals surface area (Å²) in [6.07, 6.45) is 0. The van der Waals surface area contributed by atoms with Gasteiger partial charge in [0, 0.05) is 0 Å². The van der Waals surface area contributed by atoms with Crippen LogP contribution in [-0.4, -0.2) is 17.8 Å². The molecule has 0 heterocycles. The van der Waals surface area contributed by atoms with Crippen LogP contribution in [0.15, 0.2) is 0 Å². The molecule has 0 aliphatic carbocycles. The third-order valence-electron chi connectivity index (χ3n) is 1.45. The summed E-state index contributed by atoms with van der Waals surface area (Å²) in [6.45, 7) is 14.6. The second kappa shape index (κ2) is 3.48. The Balaban J connectivity index is 4.23. The van der Waals surface area contributed by atoms with Gasteiger partial charge < -0.3 is 0 Å².